The first-order valence-electron chi connectivity index (χ1n) is 8.73. The fraction of sp³-hybridized carbons (Fsp3) is 0.174. The van der Waals surface area contributed by atoms with Gasteiger partial charge < -0.3 is 0 Å². The summed E-state index contributed by atoms with van der Waals surface area (Å²) < 4.78 is 0. The number of benzene rings is 3. The Kier molecular flexibility index (Phi) is 4.45. The van der Waals surface area contributed by atoms with Crippen molar-refractivity contribution in [2.24, 2.45) is 4.99 Å². The van der Waals surface area contributed by atoms with E-state index < -0.39 is 0 Å². The highest BCUT2D eigenvalue weighted by atomic mass is 15.2. The minimum absolute atomic E-state index is 0.0120. The Labute approximate surface area is 149 Å². The molecule has 3 aromatic rings. The molecular formula is C23H22N2. The minimum Gasteiger partial charge on any atom is -0.291 e. The third-order valence-electron chi connectivity index (χ3n) is 5.04. The fourth-order valence-electron chi connectivity index (χ4n) is 3.84. The second-order valence-electron chi connectivity index (χ2n) is 6.57. The Bertz CT molecular complexity index is 817. The van der Waals surface area contributed by atoms with Crippen molar-refractivity contribution in [3.05, 3.63) is 107 Å². The van der Waals surface area contributed by atoms with Crippen LogP contribution in [0.15, 0.2) is 89.9 Å². The monoisotopic (exact) mass is 326 g/mol. The van der Waals surface area contributed by atoms with E-state index in [0.717, 1.165) is 13.1 Å². The van der Waals surface area contributed by atoms with Crippen LogP contribution in [0.4, 0.5) is 0 Å². The zero-order chi connectivity index (χ0) is 17.1. The lowest BCUT2D eigenvalue weighted by Gasteiger charge is -2.33. The van der Waals surface area contributed by atoms with Gasteiger partial charge in [0.25, 0.3) is 0 Å². The van der Waals surface area contributed by atoms with Gasteiger partial charge in [0.1, 0.15) is 0 Å². The first-order chi connectivity index (χ1) is 12.4. The molecule has 0 aromatic heterocycles. The molecule has 0 bridgehead atoms. The van der Waals surface area contributed by atoms with E-state index >= 15 is 0 Å². The topological polar surface area (TPSA) is 15.6 Å². The molecule has 124 valence electrons. The summed E-state index contributed by atoms with van der Waals surface area (Å²) in [6.07, 6.45) is 0. The first-order valence-corrected chi connectivity index (χ1v) is 8.73. The summed E-state index contributed by atoms with van der Waals surface area (Å²) in [5, 5.41) is 0. The van der Waals surface area contributed by atoms with E-state index in [1.807, 2.05) is 6.07 Å². The maximum atomic E-state index is 4.55. The van der Waals surface area contributed by atoms with Crippen LogP contribution in [0.2, 0.25) is 0 Å². The van der Waals surface area contributed by atoms with Crippen molar-refractivity contribution in [1.82, 2.24) is 4.90 Å². The Morgan fingerprint density at radius 2 is 1.16 bits per heavy atom. The second kappa shape index (κ2) is 7.04. The van der Waals surface area contributed by atoms with Crippen molar-refractivity contribution >= 4 is 6.72 Å². The van der Waals surface area contributed by atoms with Gasteiger partial charge in [-0.25, -0.2) is 0 Å². The van der Waals surface area contributed by atoms with Gasteiger partial charge in [0.05, 0.1) is 12.1 Å². The van der Waals surface area contributed by atoms with E-state index in [1.54, 1.807) is 0 Å². The zero-order valence-electron chi connectivity index (χ0n) is 14.3. The summed E-state index contributed by atoms with van der Waals surface area (Å²) in [5.74, 6) is 0. The molecule has 0 N–H and O–H groups in total. The van der Waals surface area contributed by atoms with Crippen molar-refractivity contribution in [3.63, 3.8) is 0 Å². The van der Waals surface area contributed by atoms with Crippen molar-refractivity contribution in [1.29, 1.82) is 0 Å². The van der Waals surface area contributed by atoms with Crippen LogP contribution < -0.4 is 0 Å². The summed E-state index contributed by atoms with van der Waals surface area (Å²) in [7, 11) is 0. The van der Waals surface area contributed by atoms with Gasteiger partial charge in [0.2, 0.25) is 0 Å². The van der Waals surface area contributed by atoms with Crippen molar-refractivity contribution in [3.8, 4) is 0 Å². The molecule has 1 heterocycles. The quantitative estimate of drug-likeness (QED) is 0.589. The summed E-state index contributed by atoms with van der Waals surface area (Å²) >= 11 is 0. The van der Waals surface area contributed by atoms with Gasteiger partial charge >= 0.3 is 0 Å². The third kappa shape index (κ3) is 3.13. The fourth-order valence-corrected chi connectivity index (χ4v) is 3.84. The third-order valence-corrected chi connectivity index (χ3v) is 5.04. The van der Waals surface area contributed by atoms with Crippen molar-refractivity contribution in [2.45, 2.75) is 25.2 Å². The maximum absolute atomic E-state index is 4.55. The molecule has 0 radical (unpaired) electrons. The Morgan fingerprint density at radius 3 is 1.68 bits per heavy atom. The Morgan fingerprint density at radius 1 is 0.680 bits per heavy atom. The maximum Gasteiger partial charge on any atom is 0.0938 e. The number of rotatable bonds is 5. The molecule has 0 amide bonds. The molecule has 2 nitrogen and oxygen atoms in total. The Balaban J connectivity index is 1.74. The van der Waals surface area contributed by atoms with Gasteiger partial charge in [-0.05, 0) is 29.0 Å². The molecule has 3 aromatic carbocycles. The molecular weight excluding hydrogens is 304 g/mol. The predicted octanol–water partition coefficient (Wildman–Crippen LogP) is 5.19. The molecule has 0 spiro atoms. The lowest BCUT2D eigenvalue weighted by atomic mass is 9.92. The summed E-state index contributed by atoms with van der Waals surface area (Å²) in [5.41, 5.74) is 5.33. The van der Waals surface area contributed by atoms with Crippen LogP contribution in [-0.4, -0.2) is 11.6 Å². The first kappa shape index (κ1) is 15.8. The van der Waals surface area contributed by atoms with Crippen LogP contribution in [0.3, 0.4) is 0 Å². The molecule has 4 rings (SSSR count). The number of hydrogen-bond acceptors (Lipinski definition) is 2. The van der Waals surface area contributed by atoms with Gasteiger partial charge in [-0.1, -0.05) is 84.9 Å². The lowest BCUT2D eigenvalue weighted by Crippen LogP contribution is -2.28. The van der Waals surface area contributed by atoms with Gasteiger partial charge in [-0.3, -0.25) is 9.89 Å². The molecule has 0 saturated carbocycles. The molecule has 2 heteroatoms. The highest BCUT2D eigenvalue weighted by Crippen LogP contribution is 2.40. The zero-order valence-corrected chi connectivity index (χ0v) is 14.3. The van der Waals surface area contributed by atoms with Crippen LogP contribution >= 0.6 is 0 Å². The SMILES string of the molecule is C=N[C@@H](c1ccccc1)[C@H](c1ccccc1)N1Cc2ccccc2C1. The summed E-state index contributed by atoms with van der Waals surface area (Å²) in [4.78, 5) is 7.07. The molecule has 0 saturated heterocycles. The van der Waals surface area contributed by atoms with E-state index in [1.165, 1.54) is 22.3 Å². The van der Waals surface area contributed by atoms with Gasteiger partial charge in [0, 0.05) is 13.1 Å². The number of fused-ring (bicyclic) bond motifs is 1. The van der Waals surface area contributed by atoms with E-state index in [4.69, 9.17) is 0 Å². The van der Waals surface area contributed by atoms with E-state index in [9.17, 15) is 0 Å². The number of hydrogen-bond donors (Lipinski definition) is 0. The summed E-state index contributed by atoms with van der Waals surface area (Å²) in [6, 6.07) is 30.1. The molecule has 0 unspecified atom stereocenters. The van der Waals surface area contributed by atoms with Crippen LogP contribution in [0.1, 0.15) is 34.3 Å². The van der Waals surface area contributed by atoms with Crippen molar-refractivity contribution < 1.29 is 0 Å². The molecule has 0 fully saturated rings. The van der Waals surface area contributed by atoms with Crippen LogP contribution in [0, 0.1) is 0 Å². The molecule has 0 aliphatic carbocycles. The molecule has 2 atom stereocenters. The highest BCUT2D eigenvalue weighted by Gasteiger charge is 2.33. The van der Waals surface area contributed by atoms with Crippen LogP contribution in [-0.2, 0) is 13.1 Å². The van der Waals surface area contributed by atoms with Crippen LogP contribution in [0.25, 0.3) is 0 Å². The molecule has 1 aliphatic rings. The van der Waals surface area contributed by atoms with Crippen LogP contribution in [0.5, 0.6) is 0 Å². The summed E-state index contributed by atoms with van der Waals surface area (Å²) in [6.45, 7) is 5.83. The number of nitrogens with zero attached hydrogens (tertiary/aromatic N) is 2. The standard InChI is InChI=1S/C23H22N2/c1-24-22(18-10-4-2-5-11-18)23(19-12-6-3-7-13-19)25-16-20-14-8-9-15-21(20)17-25/h2-15,22-23H,1,16-17H2/t22-,23-/m0/s1. The average molecular weight is 326 g/mol. The second-order valence-corrected chi connectivity index (χ2v) is 6.57. The average Bonchev–Trinajstić information content (AvgIpc) is 3.11. The van der Waals surface area contributed by atoms with Gasteiger partial charge in [0.15, 0.2) is 0 Å². The molecule has 25 heavy (non-hydrogen) atoms. The smallest absolute Gasteiger partial charge is 0.0938 e. The van der Waals surface area contributed by atoms with E-state index in [0.29, 0.717) is 0 Å². The van der Waals surface area contributed by atoms with E-state index in [2.05, 4.69) is 95.5 Å². The minimum atomic E-state index is 0.0120. The molecule has 1 aliphatic heterocycles. The largest absolute Gasteiger partial charge is 0.291 e. The lowest BCUT2D eigenvalue weighted by molar-refractivity contribution is 0.174. The number of aliphatic imine (C=N–C) groups is 1. The normalized spacial score (nSPS) is 16.2. The van der Waals surface area contributed by atoms with Gasteiger partial charge in [-0.15, -0.1) is 0 Å². The highest BCUT2D eigenvalue weighted by molar-refractivity contribution is 5.36. The van der Waals surface area contributed by atoms with E-state index in [-0.39, 0.29) is 12.1 Å². The predicted molar refractivity (Wildman–Crippen MR) is 104 cm³/mol. The van der Waals surface area contributed by atoms with Crippen molar-refractivity contribution in [2.75, 3.05) is 0 Å². The Hall–Kier alpha value is -2.71. The van der Waals surface area contributed by atoms with Gasteiger partial charge in [-0.2, -0.15) is 0 Å².